The largest absolute Gasteiger partial charge is 0.431 e. The van der Waals surface area contributed by atoms with Crippen LogP contribution in [0.15, 0.2) is 35.1 Å². The first-order chi connectivity index (χ1) is 11.3. The van der Waals surface area contributed by atoms with E-state index in [1.165, 1.54) is 0 Å². The highest BCUT2D eigenvalue weighted by Crippen LogP contribution is 2.36. The molecular weight excluding hydrogens is 317 g/mol. The van der Waals surface area contributed by atoms with Gasteiger partial charge in [0.15, 0.2) is 5.43 Å². The number of hydrogen-bond acceptors (Lipinski definition) is 1. The Balaban J connectivity index is 2.29. The minimum absolute atomic E-state index is 0.240. The van der Waals surface area contributed by atoms with Crippen molar-refractivity contribution in [3.8, 4) is 0 Å². The molecule has 0 bridgehead atoms. The summed E-state index contributed by atoms with van der Waals surface area (Å²) in [6.45, 7) is 3.49. The number of para-hydroxylation sites is 1. The van der Waals surface area contributed by atoms with Crippen LogP contribution in [0.3, 0.4) is 0 Å². The summed E-state index contributed by atoms with van der Waals surface area (Å²) in [5, 5.41) is 2.05. The number of alkyl halides is 3. The summed E-state index contributed by atoms with van der Waals surface area (Å²) in [6, 6.07) is 8.21. The van der Waals surface area contributed by atoms with Crippen LogP contribution in [0.2, 0.25) is 0 Å². The Morgan fingerprint density at radius 1 is 0.917 bits per heavy atom. The molecule has 122 valence electrons. The summed E-state index contributed by atoms with van der Waals surface area (Å²) in [5.74, 6) is 0. The van der Waals surface area contributed by atoms with Crippen molar-refractivity contribution in [1.82, 2.24) is 9.97 Å². The summed E-state index contributed by atoms with van der Waals surface area (Å²) >= 11 is 0. The number of hydrogen-bond donors (Lipinski definition) is 2. The SMILES string of the molecule is Cc1c2[nH]c3ccccc3c2c(C)c2[nH]c(C(F)(F)F)cc(=O)c12. The predicted molar refractivity (Wildman–Crippen MR) is 88.4 cm³/mol. The van der Waals surface area contributed by atoms with Gasteiger partial charge in [0.2, 0.25) is 0 Å². The van der Waals surface area contributed by atoms with Gasteiger partial charge in [-0.15, -0.1) is 0 Å². The minimum atomic E-state index is -4.59. The lowest BCUT2D eigenvalue weighted by Crippen LogP contribution is -2.15. The number of aromatic nitrogens is 2. The normalized spacial score (nSPS) is 12.5. The van der Waals surface area contributed by atoms with Crippen LogP contribution in [0, 0.1) is 13.8 Å². The van der Waals surface area contributed by atoms with E-state index in [1.54, 1.807) is 13.8 Å². The molecule has 3 nitrogen and oxygen atoms in total. The maximum Gasteiger partial charge on any atom is 0.431 e. The van der Waals surface area contributed by atoms with E-state index in [2.05, 4.69) is 9.97 Å². The van der Waals surface area contributed by atoms with Gasteiger partial charge >= 0.3 is 6.18 Å². The maximum atomic E-state index is 13.1. The van der Waals surface area contributed by atoms with E-state index in [4.69, 9.17) is 0 Å². The summed E-state index contributed by atoms with van der Waals surface area (Å²) in [4.78, 5) is 18.0. The Bertz CT molecular complexity index is 1180. The van der Waals surface area contributed by atoms with Gasteiger partial charge in [-0.25, -0.2) is 0 Å². The molecule has 0 aliphatic carbocycles. The van der Waals surface area contributed by atoms with E-state index < -0.39 is 17.3 Å². The number of fused-ring (bicyclic) bond motifs is 4. The zero-order chi connectivity index (χ0) is 17.2. The zero-order valence-corrected chi connectivity index (χ0v) is 12.9. The molecule has 0 fully saturated rings. The van der Waals surface area contributed by atoms with Crippen LogP contribution < -0.4 is 5.43 Å². The van der Waals surface area contributed by atoms with Crippen LogP contribution in [0.25, 0.3) is 32.7 Å². The lowest BCUT2D eigenvalue weighted by atomic mass is 9.98. The van der Waals surface area contributed by atoms with Gasteiger partial charge < -0.3 is 9.97 Å². The van der Waals surface area contributed by atoms with Crippen molar-refractivity contribution in [2.45, 2.75) is 20.0 Å². The van der Waals surface area contributed by atoms with Gasteiger partial charge in [0.05, 0.1) is 16.4 Å². The molecule has 2 aromatic heterocycles. The van der Waals surface area contributed by atoms with E-state index in [1.807, 2.05) is 24.3 Å². The second-order valence-corrected chi connectivity index (χ2v) is 5.97. The second kappa shape index (κ2) is 4.63. The molecule has 2 N–H and O–H groups in total. The maximum absolute atomic E-state index is 13.1. The first-order valence-corrected chi connectivity index (χ1v) is 7.43. The molecule has 4 aromatic rings. The van der Waals surface area contributed by atoms with Crippen molar-refractivity contribution in [3.63, 3.8) is 0 Å². The number of aromatic amines is 2. The van der Waals surface area contributed by atoms with E-state index >= 15 is 0 Å². The zero-order valence-electron chi connectivity index (χ0n) is 12.9. The van der Waals surface area contributed by atoms with E-state index in [0.29, 0.717) is 22.6 Å². The van der Waals surface area contributed by atoms with Crippen molar-refractivity contribution >= 4 is 32.7 Å². The van der Waals surface area contributed by atoms with Crippen LogP contribution in [0.4, 0.5) is 13.2 Å². The van der Waals surface area contributed by atoms with E-state index in [0.717, 1.165) is 21.8 Å². The highest BCUT2D eigenvalue weighted by molar-refractivity contribution is 6.15. The Morgan fingerprint density at radius 3 is 2.25 bits per heavy atom. The van der Waals surface area contributed by atoms with Gasteiger partial charge in [-0.05, 0) is 31.0 Å². The molecule has 0 saturated carbocycles. The van der Waals surface area contributed by atoms with Crippen LogP contribution >= 0.6 is 0 Å². The molecule has 6 heteroatoms. The Labute approximate surface area is 134 Å². The fourth-order valence-corrected chi connectivity index (χ4v) is 3.43. The summed E-state index contributed by atoms with van der Waals surface area (Å²) in [5.41, 5.74) is 1.54. The molecule has 24 heavy (non-hydrogen) atoms. The third-order valence-electron chi connectivity index (χ3n) is 4.54. The third-order valence-corrected chi connectivity index (χ3v) is 4.54. The van der Waals surface area contributed by atoms with E-state index in [9.17, 15) is 18.0 Å². The van der Waals surface area contributed by atoms with Gasteiger partial charge in [0.25, 0.3) is 0 Å². The number of rotatable bonds is 0. The molecule has 0 unspecified atom stereocenters. The summed E-state index contributed by atoms with van der Waals surface area (Å²) in [6.07, 6.45) is -4.59. The van der Waals surface area contributed by atoms with Crippen molar-refractivity contribution in [1.29, 1.82) is 0 Å². The monoisotopic (exact) mass is 330 g/mol. The lowest BCUT2D eigenvalue weighted by Gasteiger charge is -2.12. The second-order valence-electron chi connectivity index (χ2n) is 5.97. The average molecular weight is 330 g/mol. The van der Waals surface area contributed by atoms with Crippen molar-refractivity contribution in [2.75, 3.05) is 0 Å². The fraction of sp³-hybridized carbons (Fsp3) is 0.167. The van der Waals surface area contributed by atoms with Crippen molar-refractivity contribution in [3.05, 3.63) is 57.4 Å². The van der Waals surface area contributed by atoms with Crippen LogP contribution in [-0.4, -0.2) is 9.97 Å². The van der Waals surface area contributed by atoms with Gasteiger partial charge in [-0.3, -0.25) is 4.79 Å². The highest BCUT2D eigenvalue weighted by atomic mass is 19.4. The number of halogens is 3. The smallest absolute Gasteiger partial charge is 0.354 e. The standard InChI is InChI=1S/C18H13F3N2O/c1-8-14-10-5-3-4-6-11(10)22-16(14)9(2)15-12(24)7-13(18(19,20)21)23-17(8)15/h3-7,22H,1-2H3,(H,23,24). The van der Waals surface area contributed by atoms with E-state index in [-0.39, 0.29) is 5.52 Å². The molecule has 0 aliphatic heterocycles. The van der Waals surface area contributed by atoms with Crippen LogP contribution in [-0.2, 0) is 6.18 Å². The fourth-order valence-electron chi connectivity index (χ4n) is 3.43. The molecule has 0 amide bonds. The average Bonchev–Trinajstić information content (AvgIpc) is 2.91. The minimum Gasteiger partial charge on any atom is -0.354 e. The molecule has 0 radical (unpaired) electrons. The molecule has 0 aliphatic rings. The molecule has 2 aromatic carbocycles. The van der Waals surface area contributed by atoms with Crippen LogP contribution in [0.5, 0.6) is 0 Å². The van der Waals surface area contributed by atoms with Gasteiger partial charge in [-0.2, -0.15) is 13.2 Å². The van der Waals surface area contributed by atoms with Gasteiger partial charge in [0, 0.05) is 22.4 Å². The third kappa shape index (κ3) is 1.89. The number of aryl methyl sites for hydroxylation is 2. The molecule has 4 rings (SSSR count). The predicted octanol–water partition coefficient (Wildman–Crippen LogP) is 4.80. The quantitative estimate of drug-likeness (QED) is 0.478. The number of H-pyrrole nitrogens is 2. The summed E-state index contributed by atoms with van der Waals surface area (Å²) in [7, 11) is 0. The highest BCUT2D eigenvalue weighted by Gasteiger charge is 2.33. The first-order valence-electron chi connectivity index (χ1n) is 7.43. The lowest BCUT2D eigenvalue weighted by molar-refractivity contribution is -0.141. The number of nitrogens with one attached hydrogen (secondary N) is 2. The van der Waals surface area contributed by atoms with Crippen molar-refractivity contribution < 1.29 is 13.2 Å². The topological polar surface area (TPSA) is 48.6 Å². The first kappa shape index (κ1) is 14.8. The Hall–Kier alpha value is -2.76. The van der Waals surface area contributed by atoms with Gasteiger partial charge in [-0.1, -0.05) is 18.2 Å². The molecule has 2 heterocycles. The summed E-state index contributed by atoms with van der Waals surface area (Å²) < 4.78 is 39.2. The molecule has 0 spiro atoms. The Kier molecular flexibility index (Phi) is 2.85. The van der Waals surface area contributed by atoms with Gasteiger partial charge in [0.1, 0.15) is 5.69 Å². The van der Waals surface area contributed by atoms with Crippen molar-refractivity contribution in [2.24, 2.45) is 0 Å². The molecular formula is C18H13F3N2O. The Morgan fingerprint density at radius 2 is 1.54 bits per heavy atom. The molecule has 0 atom stereocenters. The number of benzene rings is 2. The number of pyridine rings is 1. The van der Waals surface area contributed by atoms with Crippen LogP contribution in [0.1, 0.15) is 16.8 Å². The molecule has 0 saturated heterocycles.